The molecule has 0 radical (unpaired) electrons. The fourth-order valence-electron chi connectivity index (χ4n) is 2.64. The van der Waals surface area contributed by atoms with Gasteiger partial charge in [0.15, 0.2) is 0 Å². The molecule has 0 amide bonds. The third-order valence-electron chi connectivity index (χ3n) is 4.26. The Bertz CT molecular complexity index is 586. The molecule has 0 saturated heterocycles. The molecular weight excluding hydrogens is 288 g/mol. The van der Waals surface area contributed by atoms with Gasteiger partial charge in [0, 0.05) is 22.9 Å². The summed E-state index contributed by atoms with van der Waals surface area (Å²) in [5.74, 6) is 0.443. The van der Waals surface area contributed by atoms with Gasteiger partial charge in [-0.05, 0) is 45.6 Å². The number of carbonyl (C=O) groups is 1. The van der Waals surface area contributed by atoms with Gasteiger partial charge in [0.05, 0.1) is 17.6 Å². The summed E-state index contributed by atoms with van der Waals surface area (Å²) in [5.41, 5.74) is 2.61. The Kier molecular flexibility index (Phi) is 4.74. The van der Waals surface area contributed by atoms with Gasteiger partial charge in [0.2, 0.25) is 0 Å². The van der Waals surface area contributed by atoms with Crippen molar-refractivity contribution in [2.24, 2.45) is 11.3 Å². The van der Waals surface area contributed by atoms with Crippen LogP contribution in [0.15, 0.2) is 12.3 Å². The van der Waals surface area contributed by atoms with Crippen molar-refractivity contribution in [2.45, 2.75) is 66.7 Å². The Labute approximate surface area is 140 Å². The van der Waals surface area contributed by atoms with Gasteiger partial charge in [-0.15, -0.1) is 0 Å². The largest absolute Gasteiger partial charge is 0.340 e. The van der Waals surface area contributed by atoms with E-state index in [-0.39, 0.29) is 11.4 Å². The zero-order valence-corrected chi connectivity index (χ0v) is 15.6. The van der Waals surface area contributed by atoms with E-state index in [1.54, 1.807) is 5.06 Å². The maximum Gasteiger partial charge on any atom is 0.337 e. The number of carbonyl (C=O) groups excluding carboxylic acids is 1. The number of nitrogens with zero attached hydrogens (tertiary/aromatic N) is 2. The molecule has 0 aromatic carbocycles. The third kappa shape index (κ3) is 4.04. The van der Waals surface area contributed by atoms with E-state index >= 15 is 0 Å². The number of rotatable bonds is 4. The molecule has 0 unspecified atom stereocenters. The van der Waals surface area contributed by atoms with Crippen LogP contribution in [-0.2, 0) is 21.5 Å². The van der Waals surface area contributed by atoms with Gasteiger partial charge >= 0.3 is 5.97 Å². The SMILES string of the molecule is CC(C)CCc1cc2c(cn1)C(C)(C)CN2OC(=O)C(C)(C)C. The van der Waals surface area contributed by atoms with Crippen molar-refractivity contribution in [3.8, 4) is 0 Å². The van der Waals surface area contributed by atoms with E-state index in [1.807, 2.05) is 27.0 Å². The lowest BCUT2D eigenvalue weighted by Crippen LogP contribution is -2.35. The summed E-state index contributed by atoms with van der Waals surface area (Å²) < 4.78 is 0. The molecule has 1 aliphatic heterocycles. The van der Waals surface area contributed by atoms with Gasteiger partial charge in [0.1, 0.15) is 0 Å². The minimum Gasteiger partial charge on any atom is -0.340 e. The lowest BCUT2D eigenvalue weighted by Gasteiger charge is -2.25. The molecule has 0 atom stereocenters. The van der Waals surface area contributed by atoms with Gasteiger partial charge in [-0.3, -0.25) is 4.98 Å². The third-order valence-corrected chi connectivity index (χ3v) is 4.26. The molecule has 4 heteroatoms. The van der Waals surface area contributed by atoms with Crippen LogP contribution >= 0.6 is 0 Å². The fraction of sp³-hybridized carbons (Fsp3) is 0.684. The molecule has 128 valence electrons. The second-order valence-electron chi connectivity index (χ2n) is 8.67. The van der Waals surface area contributed by atoms with E-state index < -0.39 is 5.41 Å². The first-order chi connectivity index (χ1) is 10.5. The quantitative estimate of drug-likeness (QED) is 0.831. The van der Waals surface area contributed by atoms with Crippen LogP contribution in [-0.4, -0.2) is 17.5 Å². The summed E-state index contributed by atoms with van der Waals surface area (Å²) in [6, 6.07) is 2.09. The molecule has 0 spiro atoms. The first-order valence-corrected chi connectivity index (χ1v) is 8.50. The normalized spacial score (nSPS) is 16.6. The lowest BCUT2D eigenvalue weighted by molar-refractivity contribution is -0.154. The monoisotopic (exact) mass is 318 g/mol. The second-order valence-corrected chi connectivity index (χ2v) is 8.67. The van der Waals surface area contributed by atoms with Crippen molar-refractivity contribution in [1.29, 1.82) is 0 Å². The molecule has 1 aliphatic rings. The van der Waals surface area contributed by atoms with Gasteiger partial charge in [-0.2, -0.15) is 0 Å². The highest BCUT2D eigenvalue weighted by molar-refractivity contribution is 5.77. The van der Waals surface area contributed by atoms with Crippen LogP contribution in [0.25, 0.3) is 0 Å². The van der Waals surface area contributed by atoms with Gasteiger partial charge in [-0.25, -0.2) is 9.86 Å². The summed E-state index contributed by atoms with van der Waals surface area (Å²) in [4.78, 5) is 22.6. The molecule has 0 bridgehead atoms. The van der Waals surface area contributed by atoms with Crippen molar-refractivity contribution in [2.75, 3.05) is 11.6 Å². The summed E-state index contributed by atoms with van der Waals surface area (Å²) in [7, 11) is 0. The molecule has 0 saturated carbocycles. The van der Waals surface area contributed by atoms with Crippen molar-refractivity contribution in [3.05, 3.63) is 23.5 Å². The molecule has 0 N–H and O–H groups in total. The molecule has 23 heavy (non-hydrogen) atoms. The van der Waals surface area contributed by atoms with Crippen LogP contribution in [0.4, 0.5) is 5.69 Å². The van der Waals surface area contributed by atoms with Crippen molar-refractivity contribution < 1.29 is 9.63 Å². The van der Waals surface area contributed by atoms with Crippen molar-refractivity contribution in [3.63, 3.8) is 0 Å². The van der Waals surface area contributed by atoms with E-state index in [0.717, 1.165) is 29.8 Å². The second kappa shape index (κ2) is 6.14. The molecule has 0 fully saturated rings. The Balaban J connectivity index is 2.26. The number of anilines is 1. The van der Waals surface area contributed by atoms with Crippen LogP contribution in [0, 0.1) is 11.3 Å². The first kappa shape index (κ1) is 17.8. The van der Waals surface area contributed by atoms with Crippen LogP contribution in [0.2, 0.25) is 0 Å². The lowest BCUT2D eigenvalue weighted by atomic mass is 9.88. The van der Waals surface area contributed by atoms with Crippen LogP contribution in [0.1, 0.15) is 66.1 Å². The van der Waals surface area contributed by atoms with Crippen molar-refractivity contribution >= 4 is 11.7 Å². The smallest absolute Gasteiger partial charge is 0.337 e. The maximum atomic E-state index is 12.3. The molecular formula is C19H30N2O2. The highest BCUT2D eigenvalue weighted by Crippen LogP contribution is 2.41. The Morgan fingerprint density at radius 1 is 1.39 bits per heavy atom. The minimum atomic E-state index is -0.513. The van der Waals surface area contributed by atoms with Gasteiger partial charge in [0.25, 0.3) is 0 Å². The highest BCUT2D eigenvalue weighted by Gasteiger charge is 2.39. The van der Waals surface area contributed by atoms with E-state index in [1.165, 1.54) is 0 Å². The fourth-order valence-corrected chi connectivity index (χ4v) is 2.64. The van der Waals surface area contributed by atoms with Gasteiger partial charge in [-0.1, -0.05) is 27.7 Å². The number of aromatic nitrogens is 1. The summed E-state index contributed by atoms with van der Waals surface area (Å²) >= 11 is 0. The zero-order valence-electron chi connectivity index (χ0n) is 15.6. The molecule has 0 aliphatic carbocycles. The first-order valence-electron chi connectivity index (χ1n) is 8.50. The summed E-state index contributed by atoms with van der Waals surface area (Å²) in [6.45, 7) is 15.0. The van der Waals surface area contributed by atoms with Crippen LogP contribution in [0.5, 0.6) is 0 Å². The average molecular weight is 318 g/mol. The molecule has 1 aromatic rings. The number of aryl methyl sites for hydroxylation is 1. The predicted octanol–water partition coefficient (Wildman–Crippen LogP) is 4.27. The maximum absolute atomic E-state index is 12.3. The molecule has 1 aromatic heterocycles. The van der Waals surface area contributed by atoms with Crippen LogP contribution in [0.3, 0.4) is 0 Å². The number of hydrogen-bond donors (Lipinski definition) is 0. The summed E-state index contributed by atoms with van der Waals surface area (Å²) in [5, 5.41) is 1.75. The summed E-state index contributed by atoms with van der Waals surface area (Å²) in [6.07, 6.45) is 4.01. The van der Waals surface area contributed by atoms with Gasteiger partial charge < -0.3 is 4.84 Å². The van der Waals surface area contributed by atoms with E-state index in [0.29, 0.717) is 12.5 Å². The highest BCUT2D eigenvalue weighted by atomic mass is 16.7. The topological polar surface area (TPSA) is 42.4 Å². The Morgan fingerprint density at radius 2 is 2.04 bits per heavy atom. The Morgan fingerprint density at radius 3 is 2.61 bits per heavy atom. The number of hydroxylamine groups is 1. The zero-order chi connectivity index (χ0) is 17.4. The van der Waals surface area contributed by atoms with Crippen LogP contribution < -0.4 is 5.06 Å². The number of fused-ring (bicyclic) bond motifs is 1. The minimum absolute atomic E-state index is 0.0723. The average Bonchev–Trinajstić information content (AvgIpc) is 2.66. The van der Waals surface area contributed by atoms with E-state index in [2.05, 4.69) is 38.7 Å². The molecule has 2 heterocycles. The number of hydrogen-bond acceptors (Lipinski definition) is 4. The van der Waals surface area contributed by atoms with E-state index in [9.17, 15) is 4.79 Å². The standard InChI is InChI=1S/C19H30N2O2/c1-13(2)8-9-14-10-16-15(11-20-14)19(6,7)12-21(16)23-17(22)18(3,4)5/h10-11,13H,8-9,12H2,1-7H3. The predicted molar refractivity (Wildman–Crippen MR) is 93.3 cm³/mol. The molecule has 4 nitrogen and oxygen atoms in total. The Hall–Kier alpha value is -1.58. The number of pyridine rings is 1. The van der Waals surface area contributed by atoms with Crippen molar-refractivity contribution in [1.82, 2.24) is 4.98 Å². The molecule has 2 rings (SSSR count). The van der Waals surface area contributed by atoms with E-state index in [4.69, 9.17) is 4.84 Å².